The van der Waals surface area contributed by atoms with Gasteiger partial charge in [-0.25, -0.2) is 0 Å². The van der Waals surface area contributed by atoms with Crippen LogP contribution in [0, 0.1) is 0 Å². The average Bonchev–Trinajstić information content (AvgIpc) is 2.67. The van der Waals surface area contributed by atoms with Gasteiger partial charge in [-0.15, -0.1) is 0 Å². The lowest BCUT2D eigenvalue weighted by Crippen LogP contribution is -2.51. The maximum Gasteiger partial charge on any atom is 0.0945 e. The average molecular weight is 214 g/mol. The largest absolute Gasteiger partial charge is 0.371 e. The molecular formula is C12H26N2O. The molecule has 2 fully saturated rings. The van der Waals surface area contributed by atoms with Gasteiger partial charge in [0, 0.05) is 32.2 Å². The van der Waals surface area contributed by atoms with E-state index in [2.05, 4.69) is 24.1 Å². The first-order valence-corrected chi connectivity index (χ1v) is 6.31. The van der Waals surface area contributed by atoms with Crippen LogP contribution in [-0.4, -0.2) is 49.3 Å². The van der Waals surface area contributed by atoms with E-state index in [-0.39, 0.29) is 5.60 Å². The van der Waals surface area contributed by atoms with Crippen molar-refractivity contribution >= 4 is 0 Å². The molecule has 0 aliphatic carbocycles. The molecule has 2 heterocycles. The van der Waals surface area contributed by atoms with Crippen LogP contribution >= 0.6 is 0 Å². The lowest BCUT2D eigenvalue weighted by atomic mass is 10.0. The SMILES string of the molecule is CC.CC(C)N1CCC2(CNCCO2)C1. The van der Waals surface area contributed by atoms with Crippen molar-refractivity contribution in [3.63, 3.8) is 0 Å². The Balaban J connectivity index is 0.000000531. The summed E-state index contributed by atoms with van der Waals surface area (Å²) in [4.78, 5) is 2.51. The van der Waals surface area contributed by atoms with Crippen molar-refractivity contribution < 1.29 is 4.74 Å². The first-order chi connectivity index (χ1) is 7.22. The van der Waals surface area contributed by atoms with Crippen molar-refractivity contribution in [3.05, 3.63) is 0 Å². The minimum Gasteiger partial charge on any atom is -0.371 e. The lowest BCUT2D eigenvalue weighted by molar-refractivity contribution is -0.0585. The minimum atomic E-state index is 0.141. The van der Waals surface area contributed by atoms with Gasteiger partial charge in [-0.2, -0.15) is 0 Å². The number of likely N-dealkylation sites (tertiary alicyclic amines) is 1. The molecule has 2 rings (SSSR count). The Kier molecular flexibility index (Phi) is 5.03. The van der Waals surface area contributed by atoms with Gasteiger partial charge in [-0.1, -0.05) is 13.8 Å². The fourth-order valence-electron chi connectivity index (χ4n) is 2.29. The molecule has 90 valence electrons. The number of nitrogens with zero attached hydrogens (tertiary/aromatic N) is 1. The number of nitrogens with one attached hydrogen (secondary N) is 1. The zero-order valence-electron chi connectivity index (χ0n) is 10.7. The summed E-state index contributed by atoms with van der Waals surface area (Å²) < 4.78 is 5.90. The smallest absolute Gasteiger partial charge is 0.0945 e. The van der Waals surface area contributed by atoms with E-state index in [1.54, 1.807) is 0 Å². The molecule has 2 aliphatic heterocycles. The number of hydrogen-bond donors (Lipinski definition) is 1. The molecular weight excluding hydrogens is 188 g/mol. The standard InChI is InChI=1S/C10H20N2O.C2H6/c1-9(2)12-5-3-10(8-12)7-11-4-6-13-10;1-2/h9,11H,3-8H2,1-2H3;1-2H3. The van der Waals surface area contributed by atoms with Gasteiger partial charge in [0.15, 0.2) is 0 Å². The van der Waals surface area contributed by atoms with E-state index in [9.17, 15) is 0 Å². The Morgan fingerprint density at radius 1 is 1.33 bits per heavy atom. The van der Waals surface area contributed by atoms with Gasteiger partial charge in [-0.05, 0) is 20.3 Å². The normalized spacial score (nSPS) is 31.8. The third-order valence-corrected chi connectivity index (χ3v) is 3.21. The fourth-order valence-corrected chi connectivity index (χ4v) is 2.29. The Morgan fingerprint density at radius 2 is 2.07 bits per heavy atom. The Morgan fingerprint density at radius 3 is 2.53 bits per heavy atom. The minimum absolute atomic E-state index is 0.141. The van der Waals surface area contributed by atoms with Gasteiger partial charge in [0.2, 0.25) is 0 Å². The first kappa shape index (κ1) is 12.9. The van der Waals surface area contributed by atoms with Crippen molar-refractivity contribution in [2.24, 2.45) is 0 Å². The van der Waals surface area contributed by atoms with Crippen molar-refractivity contribution in [2.45, 2.75) is 45.8 Å². The summed E-state index contributed by atoms with van der Waals surface area (Å²) in [5, 5.41) is 3.43. The van der Waals surface area contributed by atoms with Crippen LogP contribution in [0.2, 0.25) is 0 Å². The Hall–Kier alpha value is -0.120. The summed E-state index contributed by atoms with van der Waals surface area (Å²) >= 11 is 0. The van der Waals surface area contributed by atoms with E-state index in [0.717, 1.165) is 26.2 Å². The van der Waals surface area contributed by atoms with E-state index < -0.39 is 0 Å². The third-order valence-electron chi connectivity index (χ3n) is 3.21. The molecule has 0 bridgehead atoms. The molecule has 0 aromatic carbocycles. The molecule has 0 amide bonds. The molecule has 3 nitrogen and oxygen atoms in total. The van der Waals surface area contributed by atoms with Crippen LogP contribution in [0.3, 0.4) is 0 Å². The van der Waals surface area contributed by atoms with E-state index in [1.807, 2.05) is 13.8 Å². The summed E-state index contributed by atoms with van der Waals surface area (Å²) in [5.74, 6) is 0. The first-order valence-electron chi connectivity index (χ1n) is 6.31. The highest BCUT2D eigenvalue weighted by Crippen LogP contribution is 2.27. The molecule has 3 heteroatoms. The highest BCUT2D eigenvalue weighted by atomic mass is 16.5. The van der Waals surface area contributed by atoms with Gasteiger partial charge < -0.3 is 10.1 Å². The van der Waals surface area contributed by atoms with Crippen LogP contribution in [0.25, 0.3) is 0 Å². The summed E-state index contributed by atoms with van der Waals surface area (Å²) in [7, 11) is 0. The predicted octanol–water partition coefficient (Wildman–Crippen LogP) is 1.49. The molecule has 0 radical (unpaired) electrons. The number of ether oxygens (including phenoxy) is 1. The van der Waals surface area contributed by atoms with E-state index in [1.165, 1.54) is 13.0 Å². The fraction of sp³-hybridized carbons (Fsp3) is 1.00. The third kappa shape index (κ3) is 3.16. The van der Waals surface area contributed by atoms with Gasteiger partial charge in [0.1, 0.15) is 0 Å². The number of hydrogen-bond acceptors (Lipinski definition) is 3. The summed E-state index contributed by atoms with van der Waals surface area (Å²) in [5.41, 5.74) is 0.141. The molecule has 2 saturated heterocycles. The Labute approximate surface area is 94.2 Å². The van der Waals surface area contributed by atoms with Crippen molar-refractivity contribution in [2.75, 3.05) is 32.8 Å². The van der Waals surface area contributed by atoms with Gasteiger partial charge in [0.25, 0.3) is 0 Å². The monoisotopic (exact) mass is 214 g/mol. The second-order valence-corrected chi connectivity index (χ2v) is 4.52. The quantitative estimate of drug-likeness (QED) is 0.715. The molecule has 1 atom stereocenters. The molecule has 2 aliphatic rings. The zero-order valence-corrected chi connectivity index (χ0v) is 10.7. The number of morpholine rings is 1. The lowest BCUT2D eigenvalue weighted by Gasteiger charge is -2.34. The van der Waals surface area contributed by atoms with Crippen LogP contribution in [-0.2, 0) is 4.74 Å². The highest BCUT2D eigenvalue weighted by Gasteiger charge is 2.40. The second-order valence-electron chi connectivity index (χ2n) is 4.52. The summed E-state index contributed by atoms with van der Waals surface area (Å²) in [6.45, 7) is 13.8. The van der Waals surface area contributed by atoms with E-state index in [0.29, 0.717) is 6.04 Å². The molecule has 1 N–H and O–H groups in total. The van der Waals surface area contributed by atoms with Crippen LogP contribution in [0.5, 0.6) is 0 Å². The summed E-state index contributed by atoms with van der Waals surface area (Å²) in [6, 6.07) is 0.657. The molecule has 0 aromatic rings. The van der Waals surface area contributed by atoms with Crippen molar-refractivity contribution in [1.29, 1.82) is 0 Å². The molecule has 0 aromatic heterocycles. The van der Waals surface area contributed by atoms with E-state index >= 15 is 0 Å². The second kappa shape index (κ2) is 5.83. The maximum atomic E-state index is 5.90. The van der Waals surface area contributed by atoms with Gasteiger partial charge >= 0.3 is 0 Å². The molecule has 1 spiro atoms. The van der Waals surface area contributed by atoms with Crippen LogP contribution in [0.15, 0.2) is 0 Å². The topological polar surface area (TPSA) is 24.5 Å². The van der Waals surface area contributed by atoms with Gasteiger partial charge in [-0.3, -0.25) is 4.90 Å². The van der Waals surface area contributed by atoms with Gasteiger partial charge in [0.05, 0.1) is 12.2 Å². The van der Waals surface area contributed by atoms with Crippen molar-refractivity contribution in [1.82, 2.24) is 10.2 Å². The van der Waals surface area contributed by atoms with Crippen LogP contribution in [0.4, 0.5) is 0 Å². The molecule has 15 heavy (non-hydrogen) atoms. The van der Waals surface area contributed by atoms with Crippen molar-refractivity contribution in [3.8, 4) is 0 Å². The molecule has 1 unspecified atom stereocenters. The molecule has 0 saturated carbocycles. The van der Waals surface area contributed by atoms with E-state index in [4.69, 9.17) is 4.74 Å². The highest BCUT2D eigenvalue weighted by molar-refractivity contribution is 4.96. The maximum absolute atomic E-state index is 5.90. The Bertz CT molecular complexity index is 176. The van der Waals surface area contributed by atoms with Crippen LogP contribution < -0.4 is 5.32 Å². The predicted molar refractivity (Wildman–Crippen MR) is 64.2 cm³/mol. The number of rotatable bonds is 1. The van der Waals surface area contributed by atoms with Crippen LogP contribution in [0.1, 0.15) is 34.1 Å². The zero-order chi connectivity index (χ0) is 11.3. The summed E-state index contributed by atoms with van der Waals surface area (Å²) in [6.07, 6.45) is 1.19.